The highest BCUT2D eigenvalue weighted by atomic mass is 16.6. The third kappa shape index (κ3) is 34.3. The Morgan fingerprint density at radius 3 is 1.19 bits per heavy atom. The number of esters is 3. The van der Waals surface area contributed by atoms with Gasteiger partial charge in [0, 0.05) is 19.3 Å². The maximum absolute atomic E-state index is 12.6. The molecule has 0 aliphatic carbocycles. The highest BCUT2D eigenvalue weighted by Crippen LogP contribution is 2.16. The summed E-state index contributed by atoms with van der Waals surface area (Å²) in [6.45, 7) is 11.2. The Morgan fingerprint density at radius 1 is 0.438 bits per heavy atom. The Bertz CT molecular complexity index is 736. The molecule has 0 aromatic heterocycles. The van der Waals surface area contributed by atoms with Gasteiger partial charge in [-0.25, -0.2) is 0 Å². The van der Waals surface area contributed by atoms with Crippen molar-refractivity contribution >= 4 is 17.9 Å². The van der Waals surface area contributed by atoms with Crippen molar-refractivity contribution in [2.24, 2.45) is 11.8 Å². The number of hydrogen-bond acceptors (Lipinski definition) is 6. The monoisotopic (exact) mass is 681 g/mol. The van der Waals surface area contributed by atoms with Crippen LogP contribution in [0.2, 0.25) is 0 Å². The van der Waals surface area contributed by atoms with Crippen molar-refractivity contribution in [2.75, 3.05) is 13.2 Å². The molecule has 1 unspecified atom stereocenters. The Balaban J connectivity index is 4.29. The summed E-state index contributed by atoms with van der Waals surface area (Å²) in [5.41, 5.74) is 0. The van der Waals surface area contributed by atoms with E-state index in [1.807, 2.05) is 0 Å². The van der Waals surface area contributed by atoms with E-state index in [4.69, 9.17) is 14.2 Å². The number of ether oxygens (including phenoxy) is 3. The molecule has 6 heteroatoms. The zero-order valence-corrected chi connectivity index (χ0v) is 32.6. The molecule has 0 aromatic rings. The van der Waals surface area contributed by atoms with E-state index < -0.39 is 6.10 Å². The molecule has 0 spiro atoms. The molecule has 48 heavy (non-hydrogen) atoms. The molecular formula is C42H80O6. The van der Waals surface area contributed by atoms with Gasteiger partial charge >= 0.3 is 17.9 Å². The van der Waals surface area contributed by atoms with Crippen LogP contribution in [-0.2, 0) is 28.6 Å². The summed E-state index contributed by atoms with van der Waals surface area (Å²) in [5.74, 6) is 0.760. The third-order valence-electron chi connectivity index (χ3n) is 9.58. The zero-order valence-electron chi connectivity index (χ0n) is 32.6. The van der Waals surface area contributed by atoms with Gasteiger partial charge in [0.2, 0.25) is 0 Å². The van der Waals surface area contributed by atoms with Crippen LogP contribution in [-0.4, -0.2) is 37.2 Å². The second-order valence-corrected chi connectivity index (χ2v) is 15.0. The lowest BCUT2D eigenvalue weighted by molar-refractivity contribution is -0.167. The van der Waals surface area contributed by atoms with Gasteiger partial charge in [0.25, 0.3) is 0 Å². The molecule has 0 rings (SSSR count). The van der Waals surface area contributed by atoms with E-state index in [0.717, 1.165) is 69.6 Å². The molecular weight excluding hydrogens is 600 g/mol. The van der Waals surface area contributed by atoms with Crippen LogP contribution in [0, 0.1) is 11.8 Å². The van der Waals surface area contributed by atoms with E-state index >= 15 is 0 Å². The number of carbonyl (C=O) groups excluding carboxylic acids is 3. The topological polar surface area (TPSA) is 78.9 Å². The van der Waals surface area contributed by atoms with Crippen LogP contribution in [0.3, 0.4) is 0 Å². The molecule has 0 heterocycles. The predicted octanol–water partition coefficient (Wildman–Crippen LogP) is 12.6. The lowest BCUT2D eigenvalue weighted by atomic mass is 10.00. The normalized spacial score (nSPS) is 12.6. The molecule has 0 bridgehead atoms. The van der Waals surface area contributed by atoms with E-state index in [9.17, 15) is 14.4 Å². The molecule has 0 fully saturated rings. The van der Waals surface area contributed by atoms with Crippen molar-refractivity contribution in [1.82, 2.24) is 0 Å². The first-order valence-electron chi connectivity index (χ1n) is 20.8. The maximum Gasteiger partial charge on any atom is 0.306 e. The summed E-state index contributed by atoms with van der Waals surface area (Å²) in [5, 5.41) is 0. The number of hydrogen-bond donors (Lipinski definition) is 0. The third-order valence-corrected chi connectivity index (χ3v) is 9.58. The molecule has 0 aliphatic heterocycles. The quantitative estimate of drug-likeness (QED) is 0.0372. The Hall–Kier alpha value is -1.59. The summed E-state index contributed by atoms with van der Waals surface area (Å²) in [6, 6.07) is 0. The Kier molecular flexibility index (Phi) is 34.1. The van der Waals surface area contributed by atoms with E-state index in [-0.39, 0.29) is 31.1 Å². The largest absolute Gasteiger partial charge is 0.462 e. The van der Waals surface area contributed by atoms with Crippen LogP contribution in [0.5, 0.6) is 0 Å². The highest BCUT2D eigenvalue weighted by Gasteiger charge is 2.19. The molecule has 0 N–H and O–H groups in total. The SMILES string of the molecule is CCCCCCCCCC(=O)O[C@H](COC(=O)CCCCCCCCCCCCC(C)C)COC(=O)CCCCCCCCC(C)CC. The second-order valence-electron chi connectivity index (χ2n) is 15.0. The average molecular weight is 681 g/mol. The molecule has 2 atom stereocenters. The van der Waals surface area contributed by atoms with Gasteiger partial charge in [0.15, 0.2) is 6.10 Å². The van der Waals surface area contributed by atoms with Crippen LogP contribution in [0.1, 0.15) is 221 Å². The number of rotatable bonds is 36. The fourth-order valence-electron chi connectivity index (χ4n) is 6.01. The average Bonchev–Trinajstić information content (AvgIpc) is 3.06. The predicted molar refractivity (Wildman–Crippen MR) is 201 cm³/mol. The minimum absolute atomic E-state index is 0.0668. The summed E-state index contributed by atoms with van der Waals surface area (Å²) < 4.78 is 16.6. The molecule has 0 amide bonds. The zero-order chi connectivity index (χ0) is 35.5. The van der Waals surface area contributed by atoms with Crippen LogP contribution in [0.15, 0.2) is 0 Å². The fraction of sp³-hybridized carbons (Fsp3) is 0.929. The van der Waals surface area contributed by atoms with Gasteiger partial charge in [-0.05, 0) is 31.1 Å². The number of unbranched alkanes of at least 4 members (excludes halogenated alkanes) is 20. The molecule has 0 saturated heterocycles. The first kappa shape index (κ1) is 46.4. The standard InChI is InChI=1S/C42H80O6/c1-6-8-9-10-15-24-29-34-42(45)48-39(36-47-41(44)33-28-23-19-18-21-26-31-38(5)7-2)35-46-40(43)32-27-22-17-14-12-11-13-16-20-25-30-37(3)4/h37-39H,6-36H2,1-5H3/t38?,39-/m1/s1. The van der Waals surface area contributed by atoms with Gasteiger partial charge in [-0.1, -0.05) is 182 Å². The van der Waals surface area contributed by atoms with Gasteiger partial charge in [0.05, 0.1) is 0 Å². The van der Waals surface area contributed by atoms with Crippen molar-refractivity contribution < 1.29 is 28.6 Å². The Labute approximate surface area is 298 Å². The highest BCUT2D eigenvalue weighted by molar-refractivity contribution is 5.71. The molecule has 0 radical (unpaired) electrons. The fourth-order valence-corrected chi connectivity index (χ4v) is 6.01. The first-order valence-corrected chi connectivity index (χ1v) is 20.8. The lowest BCUT2D eigenvalue weighted by Gasteiger charge is -2.18. The first-order chi connectivity index (χ1) is 23.3. The van der Waals surface area contributed by atoms with Crippen molar-refractivity contribution in [2.45, 2.75) is 227 Å². The molecule has 0 aromatic carbocycles. The van der Waals surface area contributed by atoms with Crippen LogP contribution >= 0.6 is 0 Å². The van der Waals surface area contributed by atoms with E-state index in [2.05, 4.69) is 34.6 Å². The van der Waals surface area contributed by atoms with Crippen molar-refractivity contribution in [3.63, 3.8) is 0 Å². The Morgan fingerprint density at radius 2 is 0.792 bits per heavy atom. The molecule has 6 nitrogen and oxygen atoms in total. The van der Waals surface area contributed by atoms with Crippen molar-refractivity contribution in [3.05, 3.63) is 0 Å². The summed E-state index contributed by atoms with van der Waals surface area (Å²) in [6.07, 6.45) is 31.0. The van der Waals surface area contributed by atoms with Gasteiger partial charge in [-0.2, -0.15) is 0 Å². The minimum Gasteiger partial charge on any atom is -0.462 e. The van der Waals surface area contributed by atoms with E-state index in [1.54, 1.807) is 0 Å². The maximum atomic E-state index is 12.6. The van der Waals surface area contributed by atoms with Crippen molar-refractivity contribution in [3.8, 4) is 0 Å². The van der Waals surface area contributed by atoms with Crippen LogP contribution < -0.4 is 0 Å². The summed E-state index contributed by atoms with van der Waals surface area (Å²) in [7, 11) is 0. The lowest BCUT2D eigenvalue weighted by Crippen LogP contribution is -2.30. The van der Waals surface area contributed by atoms with Crippen LogP contribution in [0.4, 0.5) is 0 Å². The van der Waals surface area contributed by atoms with Gasteiger partial charge in [-0.3, -0.25) is 14.4 Å². The van der Waals surface area contributed by atoms with Crippen LogP contribution in [0.25, 0.3) is 0 Å². The van der Waals surface area contributed by atoms with Gasteiger partial charge < -0.3 is 14.2 Å². The van der Waals surface area contributed by atoms with E-state index in [0.29, 0.717) is 19.3 Å². The molecule has 0 aliphatic rings. The van der Waals surface area contributed by atoms with Gasteiger partial charge in [-0.15, -0.1) is 0 Å². The van der Waals surface area contributed by atoms with Crippen molar-refractivity contribution in [1.29, 1.82) is 0 Å². The molecule has 284 valence electrons. The minimum atomic E-state index is -0.758. The summed E-state index contributed by atoms with van der Waals surface area (Å²) in [4.78, 5) is 37.4. The summed E-state index contributed by atoms with van der Waals surface area (Å²) >= 11 is 0. The van der Waals surface area contributed by atoms with Gasteiger partial charge in [0.1, 0.15) is 13.2 Å². The smallest absolute Gasteiger partial charge is 0.306 e. The second kappa shape index (κ2) is 35.2. The van der Waals surface area contributed by atoms with E-state index in [1.165, 1.54) is 109 Å². The number of carbonyl (C=O) groups is 3. The molecule has 0 saturated carbocycles.